The van der Waals surface area contributed by atoms with Crippen molar-refractivity contribution >= 4 is 36.8 Å². The van der Waals surface area contributed by atoms with E-state index in [0.29, 0.717) is 30.6 Å². The quantitative estimate of drug-likeness (QED) is 0.209. The second kappa shape index (κ2) is 11.3. The van der Waals surface area contributed by atoms with Crippen LogP contribution in [0.2, 0.25) is 0 Å². The fraction of sp³-hybridized carbons (Fsp3) is 0.250. The van der Waals surface area contributed by atoms with Gasteiger partial charge in [-0.2, -0.15) is 5.10 Å². The van der Waals surface area contributed by atoms with Crippen molar-refractivity contribution in [3.63, 3.8) is 0 Å². The van der Waals surface area contributed by atoms with E-state index in [9.17, 15) is 16.8 Å². The Bertz CT molecular complexity index is 1660. The summed E-state index contributed by atoms with van der Waals surface area (Å²) in [5, 5.41) is 12.9. The molecule has 0 amide bonds. The second-order valence-electron chi connectivity index (χ2n) is 8.40. The lowest BCUT2D eigenvalue weighted by molar-refractivity contribution is 0.403. The molecule has 0 spiro atoms. The van der Waals surface area contributed by atoms with Crippen molar-refractivity contribution in [1.29, 1.82) is 0 Å². The predicted octanol–water partition coefficient (Wildman–Crippen LogP) is 2.34. The highest BCUT2D eigenvalue weighted by Crippen LogP contribution is 2.31. The molecule has 2 aromatic carbocycles. The number of methoxy groups -OCH3 is 1. The summed E-state index contributed by atoms with van der Waals surface area (Å²) < 4.78 is 66.0. The van der Waals surface area contributed by atoms with Crippen LogP contribution >= 0.6 is 0 Å². The molecule has 4 aromatic rings. The Morgan fingerprint density at radius 3 is 2.68 bits per heavy atom. The smallest absolute Gasteiger partial charge is 0.266 e. The first-order chi connectivity index (χ1) is 18.1. The Kier molecular flexibility index (Phi) is 8.16. The number of benzene rings is 2. The van der Waals surface area contributed by atoms with Crippen LogP contribution in [0.25, 0.3) is 11.0 Å². The van der Waals surface area contributed by atoms with Crippen LogP contribution in [-0.4, -0.2) is 52.0 Å². The fourth-order valence-electron chi connectivity index (χ4n) is 3.87. The maximum Gasteiger partial charge on any atom is 0.266 e. The minimum absolute atomic E-state index is 0.00467. The number of aromatic nitrogens is 3. The summed E-state index contributed by atoms with van der Waals surface area (Å²) >= 11 is 0. The molecule has 38 heavy (non-hydrogen) atoms. The third-order valence-corrected chi connectivity index (χ3v) is 8.03. The molecule has 0 aliphatic heterocycles. The van der Waals surface area contributed by atoms with Gasteiger partial charge in [0.1, 0.15) is 10.6 Å². The fourth-order valence-corrected chi connectivity index (χ4v) is 5.55. The van der Waals surface area contributed by atoms with Crippen molar-refractivity contribution in [3.8, 4) is 5.75 Å². The molecular formula is C24H28N6O6S2. The first kappa shape index (κ1) is 27.3. The lowest BCUT2D eigenvalue weighted by atomic mass is 10.1. The molecule has 0 saturated carbocycles. The highest BCUT2D eigenvalue weighted by molar-refractivity contribution is 7.93. The van der Waals surface area contributed by atoms with Crippen LogP contribution in [0.15, 0.2) is 70.2 Å². The van der Waals surface area contributed by atoms with Gasteiger partial charge < -0.3 is 14.6 Å². The number of anilines is 1. The zero-order valence-corrected chi connectivity index (χ0v) is 22.5. The molecule has 0 radical (unpaired) electrons. The first-order valence-corrected chi connectivity index (χ1v) is 14.5. The highest BCUT2D eigenvalue weighted by Gasteiger charge is 2.23. The van der Waals surface area contributed by atoms with Gasteiger partial charge in [-0.1, -0.05) is 29.9 Å². The molecule has 0 unspecified atom stereocenters. The Labute approximate surface area is 220 Å². The maximum absolute atomic E-state index is 13.0. The van der Waals surface area contributed by atoms with Gasteiger partial charge >= 0.3 is 0 Å². The summed E-state index contributed by atoms with van der Waals surface area (Å²) in [6.07, 6.45) is 3.61. The van der Waals surface area contributed by atoms with Gasteiger partial charge in [-0.05, 0) is 36.2 Å². The number of ether oxygens (including phenoxy) is 1. The lowest BCUT2D eigenvalue weighted by Gasteiger charge is -2.10. The predicted molar refractivity (Wildman–Crippen MR) is 143 cm³/mol. The molecule has 0 fully saturated rings. The number of rotatable bonds is 13. The number of aryl methyl sites for hydroxylation is 1. The second-order valence-corrected chi connectivity index (χ2v) is 11.8. The standard InChI is InChI=1S/C24H28N6O6S2/c1-4-37(31,32)27-10-9-25-13-19-14-26-30(16-19)15-18-11-17(2)23-21(12-18)36-28-24(23)29-38(33,34)22-8-6-5-7-20(22)35-3/h4-8,11-12,14,16,25,27H,1,9-10,13,15H2,2-3H3,(H,28,29). The maximum atomic E-state index is 13.0. The zero-order valence-electron chi connectivity index (χ0n) is 20.8. The van der Waals surface area contributed by atoms with E-state index in [2.05, 4.69) is 31.6 Å². The molecule has 3 N–H and O–H groups in total. The highest BCUT2D eigenvalue weighted by atomic mass is 32.2. The summed E-state index contributed by atoms with van der Waals surface area (Å²) in [5.74, 6) is 0.315. The molecule has 2 heterocycles. The molecule has 0 aliphatic rings. The zero-order chi connectivity index (χ0) is 27.3. The minimum Gasteiger partial charge on any atom is -0.495 e. The molecule has 4 rings (SSSR count). The lowest BCUT2D eigenvalue weighted by Crippen LogP contribution is -2.30. The van der Waals surface area contributed by atoms with Gasteiger partial charge in [-0.15, -0.1) is 0 Å². The van der Waals surface area contributed by atoms with E-state index in [-0.39, 0.29) is 23.0 Å². The molecule has 0 aliphatic carbocycles. The normalized spacial score (nSPS) is 12.1. The number of sulfonamides is 2. The molecule has 2 aromatic heterocycles. The third-order valence-electron chi connectivity index (χ3n) is 5.61. The van der Waals surface area contributed by atoms with Gasteiger partial charge in [0, 0.05) is 36.8 Å². The first-order valence-electron chi connectivity index (χ1n) is 11.5. The molecule has 0 saturated heterocycles. The summed E-state index contributed by atoms with van der Waals surface area (Å²) in [6, 6.07) is 10.0. The largest absolute Gasteiger partial charge is 0.495 e. The van der Waals surface area contributed by atoms with Crippen LogP contribution in [0.4, 0.5) is 5.82 Å². The van der Waals surface area contributed by atoms with E-state index >= 15 is 0 Å². The average molecular weight is 561 g/mol. The average Bonchev–Trinajstić information content (AvgIpc) is 3.50. The molecule has 0 atom stereocenters. The molecule has 14 heteroatoms. The van der Waals surface area contributed by atoms with Crippen molar-refractivity contribution in [1.82, 2.24) is 25.0 Å². The molecule has 202 valence electrons. The number of nitrogens with zero attached hydrogens (tertiary/aromatic N) is 3. The Morgan fingerprint density at radius 2 is 1.92 bits per heavy atom. The number of nitrogens with one attached hydrogen (secondary N) is 3. The van der Waals surface area contributed by atoms with Gasteiger partial charge in [0.05, 0.1) is 25.2 Å². The van der Waals surface area contributed by atoms with E-state index in [4.69, 9.17) is 9.26 Å². The van der Waals surface area contributed by atoms with Crippen molar-refractivity contribution in [2.45, 2.75) is 24.9 Å². The van der Waals surface area contributed by atoms with Crippen LogP contribution in [-0.2, 0) is 33.1 Å². The summed E-state index contributed by atoms with van der Waals surface area (Å²) in [7, 11) is -5.99. The number of hydrogen-bond acceptors (Lipinski definition) is 9. The Balaban J connectivity index is 1.42. The van der Waals surface area contributed by atoms with Crippen LogP contribution in [0.5, 0.6) is 5.75 Å². The van der Waals surface area contributed by atoms with Crippen LogP contribution in [0.3, 0.4) is 0 Å². The Morgan fingerprint density at radius 1 is 1.13 bits per heavy atom. The van der Waals surface area contributed by atoms with E-state index < -0.39 is 20.0 Å². The van der Waals surface area contributed by atoms with Crippen LogP contribution in [0.1, 0.15) is 16.7 Å². The summed E-state index contributed by atoms with van der Waals surface area (Å²) in [4.78, 5) is -0.00467. The number of para-hydroxylation sites is 1. The van der Waals surface area contributed by atoms with E-state index in [0.717, 1.165) is 22.1 Å². The topological polar surface area (TPSA) is 157 Å². The van der Waals surface area contributed by atoms with Crippen molar-refractivity contribution in [3.05, 3.63) is 77.5 Å². The molecule has 12 nitrogen and oxygen atoms in total. The minimum atomic E-state index is -3.97. The summed E-state index contributed by atoms with van der Waals surface area (Å²) in [6.45, 7) is 6.77. The van der Waals surface area contributed by atoms with Gasteiger partial charge in [-0.25, -0.2) is 21.6 Å². The van der Waals surface area contributed by atoms with Gasteiger partial charge in [0.15, 0.2) is 11.4 Å². The third kappa shape index (κ3) is 6.39. The van der Waals surface area contributed by atoms with Gasteiger partial charge in [-0.3, -0.25) is 9.40 Å². The van der Waals surface area contributed by atoms with Gasteiger partial charge in [0.25, 0.3) is 10.0 Å². The molecule has 0 bridgehead atoms. The van der Waals surface area contributed by atoms with Crippen molar-refractivity contribution in [2.75, 3.05) is 24.9 Å². The molecular weight excluding hydrogens is 532 g/mol. The van der Waals surface area contributed by atoms with Crippen molar-refractivity contribution in [2.24, 2.45) is 0 Å². The van der Waals surface area contributed by atoms with Gasteiger partial charge in [0.2, 0.25) is 10.0 Å². The SMILES string of the molecule is C=CS(=O)(=O)NCCNCc1cnn(Cc2cc(C)c3c(NS(=O)(=O)c4ccccc4OC)noc3c2)c1. The summed E-state index contributed by atoms with van der Waals surface area (Å²) in [5.41, 5.74) is 3.05. The van der Waals surface area contributed by atoms with Crippen molar-refractivity contribution < 1.29 is 26.1 Å². The van der Waals surface area contributed by atoms with Crippen LogP contribution in [0, 0.1) is 6.92 Å². The number of fused-ring (bicyclic) bond motifs is 1. The van der Waals surface area contributed by atoms with E-state index in [1.165, 1.54) is 13.2 Å². The Hall–Kier alpha value is -3.72. The van der Waals surface area contributed by atoms with Crippen LogP contribution < -0.4 is 19.5 Å². The van der Waals surface area contributed by atoms with E-state index in [1.807, 2.05) is 19.2 Å². The monoisotopic (exact) mass is 560 g/mol. The van der Waals surface area contributed by atoms with E-state index in [1.54, 1.807) is 35.1 Å². The number of hydrogen-bond donors (Lipinski definition) is 3.